The highest BCUT2D eigenvalue weighted by Gasteiger charge is 2.53. The fourth-order valence-corrected chi connectivity index (χ4v) is 3.54. The molecule has 0 fully saturated rings. The Balaban J connectivity index is 1.97. The number of aliphatic imine (C=N–C) groups is 1. The van der Waals surface area contributed by atoms with Gasteiger partial charge in [-0.15, -0.1) is 6.58 Å². The van der Waals surface area contributed by atoms with Gasteiger partial charge in [-0.25, -0.2) is 4.99 Å². The second kappa shape index (κ2) is 9.59. The van der Waals surface area contributed by atoms with Crippen LogP contribution in [-0.4, -0.2) is 54.7 Å². The molecule has 0 unspecified atom stereocenters. The minimum atomic E-state index is -1.11. The van der Waals surface area contributed by atoms with Crippen LogP contribution in [0.1, 0.15) is 30.1 Å². The first-order chi connectivity index (χ1) is 14.5. The summed E-state index contributed by atoms with van der Waals surface area (Å²) in [5.74, 6) is 0.991. The number of rotatable bonds is 9. The summed E-state index contributed by atoms with van der Waals surface area (Å²) in [5, 5.41) is 8.88. The first-order valence-corrected chi connectivity index (χ1v) is 10.00. The zero-order valence-corrected chi connectivity index (χ0v) is 17.5. The standard InChI is InChI=1S/C24H28N2O4/c1-4-15-24(23(28)26(2)3)21(18-9-6-5-7-10-18)30-22(25-24)19-11-13-20(14-12-19)29-17-8-16-27/h4-7,9-14,21,27H,1,8,15-17H2,2-3H3/t21-,24-/m1/s1. The van der Waals surface area contributed by atoms with Gasteiger partial charge >= 0.3 is 0 Å². The number of carbonyl (C=O) groups is 1. The third-order valence-corrected chi connectivity index (χ3v) is 4.97. The van der Waals surface area contributed by atoms with Crippen LogP contribution in [-0.2, 0) is 9.53 Å². The zero-order valence-electron chi connectivity index (χ0n) is 17.5. The number of ether oxygens (including phenoxy) is 2. The van der Waals surface area contributed by atoms with Crippen LogP contribution in [0.15, 0.2) is 72.2 Å². The number of likely N-dealkylation sites (N-methyl/N-ethyl adjacent to an activating group) is 1. The van der Waals surface area contributed by atoms with Gasteiger partial charge in [-0.1, -0.05) is 36.4 Å². The van der Waals surface area contributed by atoms with E-state index < -0.39 is 11.6 Å². The highest BCUT2D eigenvalue weighted by Crippen LogP contribution is 2.43. The molecule has 1 aliphatic rings. The molecule has 30 heavy (non-hydrogen) atoms. The van der Waals surface area contributed by atoms with Crippen molar-refractivity contribution in [3.63, 3.8) is 0 Å². The predicted octanol–water partition coefficient (Wildman–Crippen LogP) is 3.37. The second-order valence-corrected chi connectivity index (χ2v) is 7.39. The summed E-state index contributed by atoms with van der Waals surface area (Å²) in [5.41, 5.74) is 0.540. The molecule has 6 nitrogen and oxygen atoms in total. The van der Waals surface area contributed by atoms with Gasteiger partial charge in [0.05, 0.1) is 6.61 Å². The molecule has 1 aliphatic heterocycles. The van der Waals surface area contributed by atoms with Gasteiger partial charge in [-0.2, -0.15) is 0 Å². The van der Waals surface area contributed by atoms with Gasteiger partial charge in [0, 0.05) is 39.1 Å². The number of carbonyl (C=O) groups excluding carboxylic acids is 1. The summed E-state index contributed by atoms with van der Waals surface area (Å²) in [4.78, 5) is 19.6. The Bertz CT molecular complexity index is 893. The molecule has 1 amide bonds. The zero-order chi connectivity index (χ0) is 21.6. The lowest BCUT2D eigenvalue weighted by Crippen LogP contribution is -2.47. The normalized spacial score (nSPS) is 20.2. The summed E-state index contributed by atoms with van der Waals surface area (Å²) in [7, 11) is 3.45. The maximum absolute atomic E-state index is 13.3. The van der Waals surface area contributed by atoms with Crippen LogP contribution in [0.25, 0.3) is 0 Å². The topological polar surface area (TPSA) is 71.4 Å². The van der Waals surface area contributed by atoms with Crippen LogP contribution in [0.5, 0.6) is 5.75 Å². The molecule has 0 radical (unpaired) electrons. The molecule has 158 valence electrons. The molecule has 1 heterocycles. The molecule has 0 spiro atoms. The van der Waals surface area contributed by atoms with E-state index in [-0.39, 0.29) is 12.5 Å². The summed E-state index contributed by atoms with van der Waals surface area (Å²) >= 11 is 0. The quantitative estimate of drug-likeness (QED) is 0.510. The fraction of sp³-hybridized carbons (Fsp3) is 0.333. The van der Waals surface area contributed by atoms with Crippen molar-refractivity contribution in [3.8, 4) is 5.75 Å². The number of hydrogen-bond donors (Lipinski definition) is 1. The summed E-state index contributed by atoms with van der Waals surface area (Å²) in [6.07, 6.45) is 2.09. The number of amides is 1. The number of benzene rings is 2. The van der Waals surface area contributed by atoms with Crippen LogP contribution >= 0.6 is 0 Å². The van der Waals surface area contributed by atoms with Gasteiger partial charge in [0.1, 0.15) is 5.75 Å². The Morgan fingerprint density at radius 2 is 1.93 bits per heavy atom. The number of hydrogen-bond acceptors (Lipinski definition) is 5. The maximum Gasteiger partial charge on any atom is 0.254 e. The smallest absolute Gasteiger partial charge is 0.254 e. The Morgan fingerprint density at radius 3 is 2.53 bits per heavy atom. The highest BCUT2D eigenvalue weighted by molar-refractivity contribution is 6.01. The average molecular weight is 408 g/mol. The van der Waals surface area contributed by atoms with Crippen LogP contribution in [0.2, 0.25) is 0 Å². The first kappa shape index (κ1) is 21.6. The van der Waals surface area contributed by atoms with Crippen LogP contribution in [0.3, 0.4) is 0 Å². The Labute approximate surface area is 177 Å². The van der Waals surface area contributed by atoms with E-state index in [0.29, 0.717) is 31.1 Å². The molecule has 2 aromatic rings. The van der Waals surface area contributed by atoms with Crippen LogP contribution < -0.4 is 4.74 Å². The van der Waals surface area contributed by atoms with Crippen LogP contribution in [0, 0.1) is 0 Å². The van der Waals surface area contributed by atoms with Crippen molar-refractivity contribution in [1.82, 2.24) is 4.90 Å². The second-order valence-electron chi connectivity index (χ2n) is 7.39. The molecule has 3 rings (SSSR count). The van der Waals surface area contributed by atoms with E-state index in [2.05, 4.69) is 6.58 Å². The Kier molecular flexibility index (Phi) is 6.90. The third kappa shape index (κ3) is 4.39. The highest BCUT2D eigenvalue weighted by atomic mass is 16.5. The lowest BCUT2D eigenvalue weighted by Gasteiger charge is -2.31. The van der Waals surface area contributed by atoms with E-state index in [0.717, 1.165) is 11.1 Å². The lowest BCUT2D eigenvalue weighted by molar-refractivity contribution is -0.137. The van der Waals surface area contributed by atoms with Gasteiger partial charge < -0.3 is 19.5 Å². The van der Waals surface area contributed by atoms with Crippen molar-refractivity contribution in [2.45, 2.75) is 24.5 Å². The molecule has 2 aromatic carbocycles. The summed E-state index contributed by atoms with van der Waals surface area (Å²) < 4.78 is 11.9. The number of nitrogens with zero attached hydrogens (tertiary/aromatic N) is 2. The Hall–Kier alpha value is -3.12. The first-order valence-electron chi connectivity index (χ1n) is 10.00. The van der Waals surface area contributed by atoms with Crippen molar-refractivity contribution in [1.29, 1.82) is 0 Å². The molecule has 6 heteroatoms. The van der Waals surface area contributed by atoms with Gasteiger partial charge in [-0.05, 0) is 29.8 Å². The van der Waals surface area contributed by atoms with Crippen molar-refractivity contribution in [2.24, 2.45) is 4.99 Å². The third-order valence-electron chi connectivity index (χ3n) is 4.97. The van der Waals surface area contributed by atoms with Gasteiger partial charge in [0.15, 0.2) is 11.6 Å². The molecule has 0 bridgehead atoms. The maximum atomic E-state index is 13.3. The van der Waals surface area contributed by atoms with E-state index in [1.165, 1.54) is 0 Å². The van der Waals surface area contributed by atoms with Gasteiger partial charge in [0.25, 0.3) is 5.91 Å². The minimum Gasteiger partial charge on any atom is -0.494 e. The molecular formula is C24H28N2O4. The summed E-state index contributed by atoms with van der Waals surface area (Å²) in [6.45, 7) is 4.39. The summed E-state index contributed by atoms with van der Waals surface area (Å²) in [6, 6.07) is 17.1. The van der Waals surface area contributed by atoms with E-state index >= 15 is 0 Å². The molecule has 1 N–H and O–H groups in total. The predicted molar refractivity (Wildman–Crippen MR) is 117 cm³/mol. The van der Waals surface area contributed by atoms with E-state index in [9.17, 15) is 4.79 Å². The molecule has 0 saturated heterocycles. The molecule has 0 aromatic heterocycles. The van der Waals surface area contributed by atoms with Gasteiger partial charge in [-0.3, -0.25) is 4.79 Å². The lowest BCUT2D eigenvalue weighted by atomic mass is 9.84. The molecule has 0 saturated carbocycles. The van der Waals surface area contributed by atoms with Crippen molar-refractivity contribution < 1.29 is 19.4 Å². The average Bonchev–Trinajstić information content (AvgIpc) is 3.15. The van der Waals surface area contributed by atoms with E-state index in [1.807, 2.05) is 54.6 Å². The Morgan fingerprint density at radius 1 is 1.23 bits per heavy atom. The molecular weight excluding hydrogens is 380 g/mol. The van der Waals surface area contributed by atoms with Gasteiger partial charge in [0.2, 0.25) is 5.90 Å². The molecule has 2 atom stereocenters. The SMILES string of the molecule is C=CC[C@@]1(C(=O)N(C)C)N=C(c2ccc(OCCCO)cc2)O[C@@H]1c1ccccc1. The number of aliphatic hydroxyl groups is 1. The minimum absolute atomic E-state index is 0.0922. The van der Waals surface area contributed by atoms with Crippen molar-refractivity contribution in [2.75, 3.05) is 27.3 Å². The van der Waals surface area contributed by atoms with E-state index in [4.69, 9.17) is 19.6 Å². The van der Waals surface area contributed by atoms with E-state index in [1.54, 1.807) is 25.1 Å². The van der Waals surface area contributed by atoms with Crippen molar-refractivity contribution >= 4 is 11.8 Å². The van der Waals surface area contributed by atoms with Crippen LogP contribution in [0.4, 0.5) is 0 Å². The largest absolute Gasteiger partial charge is 0.494 e. The number of aliphatic hydroxyl groups excluding tert-OH is 1. The monoisotopic (exact) mass is 408 g/mol. The fourth-order valence-electron chi connectivity index (χ4n) is 3.54. The van der Waals surface area contributed by atoms with Crippen molar-refractivity contribution in [3.05, 3.63) is 78.4 Å². The molecule has 0 aliphatic carbocycles.